The highest BCUT2D eigenvalue weighted by Crippen LogP contribution is 2.12. The molecule has 2 rings (SSSR count). The average Bonchev–Trinajstić information content (AvgIpc) is 2.99. The van der Waals surface area contributed by atoms with Crippen molar-refractivity contribution in [3.8, 4) is 0 Å². The van der Waals surface area contributed by atoms with E-state index in [4.69, 9.17) is 5.73 Å². The van der Waals surface area contributed by atoms with E-state index in [-0.39, 0.29) is 6.17 Å². The molecule has 1 atom stereocenters. The van der Waals surface area contributed by atoms with E-state index in [0.29, 0.717) is 0 Å². The second-order valence-corrected chi connectivity index (χ2v) is 3.63. The van der Waals surface area contributed by atoms with Gasteiger partial charge in [-0.3, -0.25) is 4.90 Å². The molecular weight excluding hydrogens is 160 g/mol. The lowest BCUT2D eigenvalue weighted by molar-refractivity contribution is 0.386. The van der Waals surface area contributed by atoms with E-state index < -0.39 is 0 Å². The van der Waals surface area contributed by atoms with Crippen LogP contribution in [0.25, 0.3) is 0 Å². The van der Waals surface area contributed by atoms with E-state index in [2.05, 4.69) is 29.2 Å². The molecule has 1 aromatic rings. The number of rotatable bonds is 4. The van der Waals surface area contributed by atoms with Crippen molar-refractivity contribution < 1.29 is 0 Å². The standard InChI is InChI=1S/C11H16N2/c12-11(13-8-9-13)7-6-10-4-2-1-3-5-10/h1-5,11H,6-9,12H2. The third-order valence-electron chi connectivity index (χ3n) is 2.52. The molecule has 1 fully saturated rings. The summed E-state index contributed by atoms with van der Waals surface area (Å²) in [5.74, 6) is 0. The van der Waals surface area contributed by atoms with Crippen LogP contribution in [0.15, 0.2) is 30.3 Å². The number of hydrogen-bond donors (Lipinski definition) is 1. The Morgan fingerprint density at radius 1 is 1.23 bits per heavy atom. The lowest BCUT2D eigenvalue weighted by atomic mass is 10.1. The predicted molar refractivity (Wildman–Crippen MR) is 54.3 cm³/mol. The van der Waals surface area contributed by atoms with Gasteiger partial charge in [0.25, 0.3) is 0 Å². The first-order valence-electron chi connectivity index (χ1n) is 4.90. The van der Waals surface area contributed by atoms with Gasteiger partial charge in [0.15, 0.2) is 0 Å². The molecular formula is C11H16N2. The van der Waals surface area contributed by atoms with Crippen molar-refractivity contribution in [2.45, 2.75) is 19.0 Å². The summed E-state index contributed by atoms with van der Waals surface area (Å²) in [6.07, 6.45) is 2.45. The van der Waals surface area contributed by atoms with E-state index >= 15 is 0 Å². The van der Waals surface area contributed by atoms with Crippen LogP contribution in [0.3, 0.4) is 0 Å². The molecule has 2 nitrogen and oxygen atoms in total. The van der Waals surface area contributed by atoms with Crippen LogP contribution in [0, 0.1) is 0 Å². The summed E-state index contributed by atoms with van der Waals surface area (Å²) < 4.78 is 0. The molecule has 1 aliphatic heterocycles. The van der Waals surface area contributed by atoms with Crippen LogP contribution in [-0.4, -0.2) is 24.2 Å². The first-order valence-corrected chi connectivity index (χ1v) is 4.90. The normalized spacial score (nSPS) is 18.5. The molecule has 1 heterocycles. The van der Waals surface area contributed by atoms with Crippen molar-refractivity contribution in [3.63, 3.8) is 0 Å². The maximum absolute atomic E-state index is 5.95. The van der Waals surface area contributed by atoms with E-state index in [0.717, 1.165) is 12.8 Å². The zero-order chi connectivity index (χ0) is 9.10. The predicted octanol–water partition coefficient (Wildman–Crippen LogP) is 1.22. The Morgan fingerprint density at radius 3 is 2.54 bits per heavy atom. The van der Waals surface area contributed by atoms with Gasteiger partial charge >= 0.3 is 0 Å². The van der Waals surface area contributed by atoms with Crippen LogP contribution in [0.5, 0.6) is 0 Å². The second-order valence-electron chi connectivity index (χ2n) is 3.63. The molecule has 0 aliphatic carbocycles. The van der Waals surface area contributed by atoms with Crippen molar-refractivity contribution in [3.05, 3.63) is 35.9 Å². The Hall–Kier alpha value is -0.860. The highest BCUT2D eigenvalue weighted by Gasteiger charge is 2.23. The smallest absolute Gasteiger partial charge is 0.0575 e. The fraction of sp³-hybridized carbons (Fsp3) is 0.455. The zero-order valence-electron chi connectivity index (χ0n) is 7.82. The highest BCUT2D eigenvalue weighted by atomic mass is 15.3. The van der Waals surface area contributed by atoms with Crippen LogP contribution in [0.4, 0.5) is 0 Å². The van der Waals surface area contributed by atoms with Gasteiger partial charge in [-0.1, -0.05) is 30.3 Å². The monoisotopic (exact) mass is 176 g/mol. The van der Waals surface area contributed by atoms with Gasteiger partial charge in [0.1, 0.15) is 0 Å². The van der Waals surface area contributed by atoms with E-state index in [1.165, 1.54) is 18.7 Å². The molecule has 2 heteroatoms. The summed E-state index contributed by atoms with van der Waals surface area (Å²) in [5, 5.41) is 0. The molecule has 0 bridgehead atoms. The second kappa shape index (κ2) is 3.90. The van der Waals surface area contributed by atoms with Crippen molar-refractivity contribution in [1.82, 2.24) is 4.90 Å². The summed E-state index contributed by atoms with van der Waals surface area (Å²) in [7, 11) is 0. The van der Waals surface area contributed by atoms with Gasteiger partial charge in [-0.05, 0) is 18.4 Å². The van der Waals surface area contributed by atoms with Gasteiger partial charge in [-0.2, -0.15) is 0 Å². The molecule has 1 aromatic carbocycles. The van der Waals surface area contributed by atoms with Gasteiger partial charge in [0.05, 0.1) is 6.17 Å². The number of benzene rings is 1. The van der Waals surface area contributed by atoms with Crippen molar-refractivity contribution >= 4 is 0 Å². The van der Waals surface area contributed by atoms with Crippen molar-refractivity contribution in [2.24, 2.45) is 5.73 Å². The Labute approximate surface area is 79.4 Å². The lowest BCUT2D eigenvalue weighted by Gasteiger charge is -2.11. The van der Waals surface area contributed by atoms with Gasteiger partial charge < -0.3 is 5.73 Å². The van der Waals surface area contributed by atoms with Gasteiger partial charge in [-0.25, -0.2) is 0 Å². The number of aryl methyl sites for hydroxylation is 1. The zero-order valence-corrected chi connectivity index (χ0v) is 7.82. The van der Waals surface area contributed by atoms with Crippen molar-refractivity contribution in [2.75, 3.05) is 13.1 Å². The minimum absolute atomic E-state index is 0.278. The summed E-state index contributed by atoms with van der Waals surface area (Å²) in [6, 6.07) is 10.5. The van der Waals surface area contributed by atoms with Crippen LogP contribution < -0.4 is 5.73 Å². The minimum Gasteiger partial charge on any atom is -0.316 e. The highest BCUT2D eigenvalue weighted by molar-refractivity contribution is 5.14. The van der Waals surface area contributed by atoms with Gasteiger partial charge in [-0.15, -0.1) is 0 Å². The molecule has 13 heavy (non-hydrogen) atoms. The Morgan fingerprint density at radius 2 is 1.92 bits per heavy atom. The van der Waals surface area contributed by atoms with Crippen LogP contribution >= 0.6 is 0 Å². The molecule has 0 amide bonds. The number of nitrogens with two attached hydrogens (primary N) is 1. The Kier molecular flexibility index (Phi) is 2.62. The van der Waals surface area contributed by atoms with E-state index in [1.54, 1.807) is 0 Å². The van der Waals surface area contributed by atoms with Crippen molar-refractivity contribution in [1.29, 1.82) is 0 Å². The lowest BCUT2D eigenvalue weighted by Crippen LogP contribution is -2.29. The Bertz CT molecular complexity index is 254. The Balaban J connectivity index is 1.78. The molecule has 0 aromatic heterocycles. The quantitative estimate of drug-likeness (QED) is 0.699. The minimum atomic E-state index is 0.278. The fourth-order valence-corrected chi connectivity index (χ4v) is 1.53. The average molecular weight is 176 g/mol. The maximum atomic E-state index is 5.95. The van der Waals surface area contributed by atoms with E-state index in [1.807, 2.05) is 6.07 Å². The van der Waals surface area contributed by atoms with Crippen LogP contribution in [0.1, 0.15) is 12.0 Å². The molecule has 1 unspecified atom stereocenters. The topological polar surface area (TPSA) is 29.0 Å². The molecule has 0 radical (unpaired) electrons. The molecule has 1 saturated heterocycles. The number of nitrogens with zero attached hydrogens (tertiary/aromatic N) is 1. The molecule has 0 spiro atoms. The third-order valence-corrected chi connectivity index (χ3v) is 2.52. The van der Waals surface area contributed by atoms with Gasteiger partial charge in [0.2, 0.25) is 0 Å². The first kappa shape index (κ1) is 8.73. The summed E-state index contributed by atoms with van der Waals surface area (Å²) in [5.41, 5.74) is 7.34. The van der Waals surface area contributed by atoms with Crippen LogP contribution in [0.2, 0.25) is 0 Å². The molecule has 0 saturated carbocycles. The first-order chi connectivity index (χ1) is 6.36. The summed E-state index contributed by atoms with van der Waals surface area (Å²) in [6.45, 7) is 2.38. The summed E-state index contributed by atoms with van der Waals surface area (Å²) >= 11 is 0. The van der Waals surface area contributed by atoms with Crippen LogP contribution in [-0.2, 0) is 6.42 Å². The molecule has 2 N–H and O–H groups in total. The number of hydrogen-bond acceptors (Lipinski definition) is 2. The summed E-state index contributed by atoms with van der Waals surface area (Å²) in [4.78, 5) is 2.29. The molecule has 70 valence electrons. The third kappa shape index (κ3) is 2.54. The SMILES string of the molecule is NC(CCc1ccccc1)N1CC1. The molecule has 1 aliphatic rings. The van der Waals surface area contributed by atoms with E-state index in [9.17, 15) is 0 Å². The fourth-order valence-electron chi connectivity index (χ4n) is 1.53. The van der Waals surface area contributed by atoms with Gasteiger partial charge in [0, 0.05) is 13.1 Å². The maximum Gasteiger partial charge on any atom is 0.0575 e. The largest absolute Gasteiger partial charge is 0.316 e.